The van der Waals surface area contributed by atoms with E-state index in [0.717, 1.165) is 5.56 Å². The molecule has 2 aromatic carbocycles. The number of rotatable bonds is 4. The fourth-order valence-electron chi connectivity index (χ4n) is 1.72. The largest absolute Gasteiger partial charge is 0.457 e. The van der Waals surface area contributed by atoms with Crippen LogP contribution >= 0.6 is 23.2 Å². The zero-order valence-electron chi connectivity index (χ0n) is 11.3. The molecule has 3 N–H and O–H groups in total. The van der Waals surface area contributed by atoms with Crippen molar-refractivity contribution in [1.29, 1.82) is 0 Å². The zero-order valence-corrected chi connectivity index (χ0v) is 12.8. The van der Waals surface area contributed by atoms with Gasteiger partial charge in [0.15, 0.2) is 0 Å². The lowest BCUT2D eigenvalue weighted by atomic mass is 10.1. The van der Waals surface area contributed by atoms with Crippen LogP contribution in [0.3, 0.4) is 0 Å². The van der Waals surface area contributed by atoms with Crippen LogP contribution in [0.2, 0.25) is 10.0 Å². The lowest BCUT2D eigenvalue weighted by molar-refractivity contribution is -0.384. The summed E-state index contributed by atoms with van der Waals surface area (Å²) in [6, 6.07) is 9.42. The van der Waals surface area contributed by atoms with Crippen LogP contribution in [0, 0.1) is 10.1 Å². The number of benzene rings is 2. The molecule has 2 aromatic rings. The second-order valence-corrected chi connectivity index (χ2v) is 4.90. The molecule has 0 saturated heterocycles. The first-order valence-electron chi connectivity index (χ1n) is 5.91. The molecule has 0 atom stereocenters. The molecule has 0 aliphatic heterocycles. The minimum absolute atomic E-state index is 0. The second kappa shape index (κ2) is 7.26. The summed E-state index contributed by atoms with van der Waals surface area (Å²) in [4.78, 5) is 10.3. The Morgan fingerprint density at radius 1 is 1.14 bits per heavy atom. The SMILES string of the molecule is CCc1cc([N+](=O)[O-])ccc1Oc1ccc(Cl)c(Cl)c1.N. The normalized spacial score (nSPS) is 9.86. The average molecular weight is 329 g/mol. The molecule has 0 radical (unpaired) electrons. The van der Waals surface area contributed by atoms with Crippen molar-refractivity contribution in [2.45, 2.75) is 13.3 Å². The molecular weight excluding hydrogens is 315 g/mol. The quantitative estimate of drug-likeness (QED) is 0.599. The van der Waals surface area contributed by atoms with Crippen molar-refractivity contribution >= 4 is 28.9 Å². The number of aryl methyl sites for hydroxylation is 1. The second-order valence-electron chi connectivity index (χ2n) is 4.08. The highest BCUT2D eigenvalue weighted by Gasteiger charge is 2.11. The number of halogens is 2. The summed E-state index contributed by atoms with van der Waals surface area (Å²) in [7, 11) is 0. The predicted octanol–water partition coefficient (Wildman–Crippen LogP) is 5.42. The Bertz CT molecular complexity index is 663. The zero-order chi connectivity index (χ0) is 14.7. The highest BCUT2D eigenvalue weighted by Crippen LogP contribution is 2.32. The Kier molecular flexibility index (Phi) is 5.96. The molecule has 0 amide bonds. The van der Waals surface area contributed by atoms with Crippen molar-refractivity contribution in [2.24, 2.45) is 0 Å². The number of hydrogen-bond acceptors (Lipinski definition) is 4. The molecule has 7 heteroatoms. The van der Waals surface area contributed by atoms with E-state index >= 15 is 0 Å². The summed E-state index contributed by atoms with van der Waals surface area (Å²) in [5, 5.41) is 11.6. The van der Waals surface area contributed by atoms with Crippen LogP contribution in [0.1, 0.15) is 12.5 Å². The van der Waals surface area contributed by atoms with E-state index in [1.807, 2.05) is 6.92 Å². The van der Waals surface area contributed by atoms with Crippen molar-refractivity contribution < 1.29 is 9.66 Å². The number of non-ortho nitro benzene ring substituents is 1. The highest BCUT2D eigenvalue weighted by atomic mass is 35.5. The maximum atomic E-state index is 10.8. The molecule has 0 bridgehead atoms. The lowest BCUT2D eigenvalue weighted by Gasteiger charge is -2.10. The summed E-state index contributed by atoms with van der Waals surface area (Å²) in [6.07, 6.45) is 0.623. The van der Waals surface area contributed by atoms with Crippen LogP contribution in [0.4, 0.5) is 5.69 Å². The summed E-state index contributed by atoms with van der Waals surface area (Å²) in [5.41, 5.74) is 0.800. The van der Waals surface area contributed by atoms with Crippen LogP contribution in [-0.2, 0) is 6.42 Å². The van der Waals surface area contributed by atoms with Gasteiger partial charge in [0, 0.05) is 23.8 Å². The maximum absolute atomic E-state index is 10.8. The van der Waals surface area contributed by atoms with E-state index in [1.165, 1.54) is 12.1 Å². The lowest BCUT2D eigenvalue weighted by Crippen LogP contribution is -1.94. The Hall–Kier alpha value is -1.82. The van der Waals surface area contributed by atoms with Gasteiger partial charge in [0.2, 0.25) is 0 Å². The summed E-state index contributed by atoms with van der Waals surface area (Å²) in [5.74, 6) is 1.10. The van der Waals surface area contributed by atoms with Gasteiger partial charge in [0.25, 0.3) is 5.69 Å². The van der Waals surface area contributed by atoms with Gasteiger partial charge in [-0.1, -0.05) is 30.1 Å². The van der Waals surface area contributed by atoms with Crippen LogP contribution in [-0.4, -0.2) is 4.92 Å². The van der Waals surface area contributed by atoms with E-state index in [2.05, 4.69) is 0 Å². The molecule has 112 valence electrons. The fourth-order valence-corrected chi connectivity index (χ4v) is 2.01. The molecule has 0 aliphatic carbocycles. The molecule has 5 nitrogen and oxygen atoms in total. The van der Waals surface area contributed by atoms with E-state index in [-0.39, 0.29) is 11.8 Å². The van der Waals surface area contributed by atoms with Gasteiger partial charge in [-0.3, -0.25) is 10.1 Å². The standard InChI is InChI=1S/C14H11Cl2NO3.H3N/c1-2-9-7-10(17(18)19)3-6-14(9)20-11-4-5-12(15)13(16)8-11;/h3-8H,2H2,1H3;1H3. The van der Waals surface area contributed by atoms with Crippen LogP contribution in [0.25, 0.3) is 0 Å². The minimum atomic E-state index is -0.428. The number of nitro benzene ring substituents is 1. The highest BCUT2D eigenvalue weighted by molar-refractivity contribution is 6.42. The number of nitrogens with zero attached hydrogens (tertiary/aromatic N) is 1. The first kappa shape index (κ1) is 17.2. The van der Waals surface area contributed by atoms with Crippen molar-refractivity contribution in [3.63, 3.8) is 0 Å². The first-order chi connectivity index (χ1) is 9.51. The molecule has 21 heavy (non-hydrogen) atoms. The molecule has 0 aliphatic rings. The maximum Gasteiger partial charge on any atom is 0.269 e. The van der Waals surface area contributed by atoms with Gasteiger partial charge in [0.1, 0.15) is 11.5 Å². The minimum Gasteiger partial charge on any atom is -0.457 e. The van der Waals surface area contributed by atoms with Gasteiger partial charge in [-0.05, 0) is 24.6 Å². The third-order valence-corrected chi connectivity index (χ3v) is 3.49. The van der Waals surface area contributed by atoms with Gasteiger partial charge in [-0.2, -0.15) is 0 Å². The van der Waals surface area contributed by atoms with Gasteiger partial charge >= 0.3 is 0 Å². The average Bonchev–Trinajstić information content (AvgIpc) is 2.43. The molecule has 0 spiro atoms. The predicted molar refractivity (Wildman–Crippen MR) is 84.0 cm³/mol. The molecule has 0 fully saturated rings. The molecule has 0 saturated carbocycles. The van der Waals surface area contributed by atoms with Gasteiger partial charge in [-0.25, -0.2) is 0 Å². The number of ether oxygens (including phenoxy) is 1. The molecule has 2 rings (SSSR count). The summed E-state index contributed by atoms with van der Waals surface area (Å²) >= 11 is 11.8. The van der Waals surface area contributed by atoms with E-state index in [1.54, 1.807) is 24.3 Å². The Morgan fingerprint density at radius 3 is 2.43 bits per heavy atom. The van der Waals surface area contributed by atoms with Crippen LogP contribution < -0.4 is 10.9 Å². The van der Waals surface area contributed by atoms with E-state index in [9.17, 15) is 10.1 Å². The van der Waals surface area contributed by atoms with Gasteiger partial charge in [-0.15, -0.1) is 0 Å². The van der Waals surface area contributed by atoms with Crippen molar-refractivity contribution in [2.75, 3.05) is 0 Å². The fraction of sp³-hybridized carbons (Fsp3) is 0.143. The summed E-state index contributed by atoms with van der Waals surface area (Å²) < 4.78 is 5.71. The van der Waals surface area contributed by atoms with Crippen LogP contribution in [0.15, 0.2) is 36.4 Å². The summed E-state index contributed by atoms with van der Waals surface area (Å²) in [6.45, 7) is 1.90. The Balaban J connectivity index is 0.00000220. The monoisotopic (exact) mass is 328 g/mol. The Labute approximate surface area is 132 Å². The van der Waals surface area contributed by atoms with Crippen molar-refractivity contribution in [3.05, 3.63) is 62.1 Å². The smallest absolute Gasteiger partial charge is 0.269 e. The van der Waals surface area contributed by atoms with Gasteiger partial charge in [0.05, 0.1) is 15.0 Å². The molecule has 0 heterocycles. The van der Waals surface area contributed by atoms with E-state index in [4.69, 9.17) is 27.9 Å². The topological polar surface area (TPSA) is 87.4 Å². The Morgan fingerprint density at radius 2 is 1.86 bits per heavy atom. The third kappa shape index (κ3) is 4.07. The van der Waals surface area contributed by atoms with E-state index in [0.29, 0.717) is 28.0 Å². The van der Waals surface area contributed by atoms with E-state index < -0.39 is 4.92 Å². The van der Waals surface area contributed by atoms with Crippen molar-refractivity contribution in [3.8, 4) is 11.5 Å². The van der Waals surface area contributed by atoms with Crippen molar-refractivity contribution in [1.82, 2.24) is 6.15 Å². The third-order valence-electron chi connectivity index (χ3n) is 2.75. The van der Waals surface area contributed by atoms with Crippen LogP contribution in [0.5, 0.6) is 11.5 Å². The number of hydrogen-bond donors (Lipinski definition) is 1. The molecule has 0 aromatic heterocycles. The first-order valence-corrected chi connectivity index (χ1v) is 6.67. The number of nitro groups is 1. The molecule has 0 unspecified atom stereocenters. The van der Waals surface area contributed by atoms with Gasteiger partial charge < -0.3 is 10.9 Å². The molecular formula is C14H14Cl2N2O3.